The Morgan fingerprint density at radius 1 is 1.33 bits per heavy atom. The lowest BCUT2D eigenvalue weighted by Gasteiger charge is -2.34. The maximum atomic E-state index is 10.5. The van der Waals surface area contributed by atoms with E-state index in [9.17, 15) is 5.11 Å². The Kier molecular flexibility index (Phi) is 4.41. The molecule has 1 aliphatic carbocycles. The van der Waals surface area contributed by atoms with Gasteiger partial charge in [0.25, 0.3) is 0 Å². The molecule has 2 heteroatoms. The van der Waals surface area contributed by atoms with E-state index in [2.05, 4.69) is 31.2 Å². The first-order chi connectivity index (χ1) is 8.66. The van der Waals surface area contributed by atoms with Crippen LogP contribution >= 0.6 is 0 Å². The molecular formula is C16H24O2. The molecule has 0 amide bonds. The van der Waals surface area contributed by atoms with Crippen LogP contribution in [0.5, 0.6) is 0 Å². The third-order valence-electron chi connectivity index (χ3n) is 4.00. The molecule has 1 N–H and O–H groups in total. The summed E-state index contributed by atoms with van der Waals surface area (Å²) in [5.74, 6) is 0. The normalized spacial score (nSPS) is 19.9. The fourth-order valence-corrected chi connectivity index (χ4v) is 3.08. The fourth-order valence-electron chi connectivity index (χ4n) is 3.08. The van der Waals surface area contributed by atoms with Crippen LogP contribution in [0.25, 0.3) is 0 Å². The van der Waals surface area contributed by atoms with Crippen LogP contribution in [0.1, 0.15) is 43.7 Å². The third kappa shape index (κ3) is 2.93. The van der Waals surface area contributed by atoms with E-state index in [0.717, 1.165) is 12.8 Å². The summed E-state index contributed by atoms with van der Waals surface area (Å²) in [6, 6.07) is 8.38. The van der Waals surface area contributed by atoms with E-state index in [1.54, 1.807) is 0 Å². The van der Waals surface area contributed by atoms with Gasteiger partial charge in [0.2, 0.25) is 0 Å². The quantitative estimate of drug-likeness (QED) is 0.866. The van der Waals surface area contributed by atoms with Gasteiger partial charge in [-0.1, -0.05) is 42.7 Å². The van der Waals surface area contributed by atoms with Gasteiger partial charge in [-0.25, -0.2) is 0 Å². The molecule has 0 saturated heterocycles. The van der Waals surface area contributed by atoms with E-state index in [1.807, 2.05) is 6.92 Å². The van der Waals surface area contributed by atoms with Gasteiger partial charge in [0, 0.05) is 13.0 Å². The standard InChI is InChI=1S/C16H24O2/c1-3-18-16(9-4-5-10-16)15(17)12-14-8-6-7-13(2)11-14/h6-8,11,15,17H,3-5,9-10,12H2,1-2H3. The highest BCUT2D eigenvalue weighted by Gasteiger charge is 2.41. The van der Waals surface area contributed by atoms with Gasteiger partial charge in [0.1, 0.15) is 0 Å². The molecule has 0 radical (unpaired) electrons. The Morgan fingerprint density at radius 2 is 2.06 bits per heavy atom. The monoisotopic (exact) mass is 248 g/mol. The van der Waals surface area contributed by atoms with Gasteiger partial charge >= 0.3 is 0 Å². The zero-order valence-electron chi connectivity index (χ0n) is 11.5. The van der Waals surface area contributed by atoms with E-state index in [-0.39, 0.29) is 11.7 Å². The van der Waals surface area contributed by atoms with Crippen LogP contribution in [0.3, 0.4) is 0 Å². The van der Waals surface area contributed by atoms with Crippen molar-refractivity contribution >= 4 is 0 Å². The van der Waals surface area contributed by atoms with Crippen molar-refractivity contribution in [3.63, 3.8) is 0 Å². The Hall–Kier alpha value is -0.860. The number of benzene rings is 1. The Morgan fingerprint density at radius 3 is 2.67 bits per heavy atom. The van der Waals surface area contributed by atoms with Crippen LogP contribution < -0.4 is 0 Å². The molecule has 0 bridgehead atoms. The van der Waals surface area contributed by atoms with Gasteiger partial charge < -0.3 is 9.84 Å². The molecule has 1 aromatic rings. The molecule has 0 aliphatic heterocycles. The number of aliphatic hydroxyl groups excluding tert-OH is 1. The molecule has 2 nitrogen and oxygen atoms in total. The van der Waals surface area contributed by atoms with Crippen molar-refractivity contribution in [1.82, 2.24) is 0 Å². The molecule has 1 unspecified atom stereocenters. The number of ether oxygens (including phenoxy) is 1. The second-order valence-corrected chi connectivity index (χ2v) is 5.41. The van der Waals surface area contributed by atoms with Crippen molar-refractivity contribution in [2.75, 3.05) is 6.61 Å². The lowest BCUT2D eigenvalue weighted by Crippen LogP contribution is -2.43. The molecule has 1 aliphatic rings. The first-order valence-corrected chi connectivity index (χ1v) is 7.04. The molecule has 0 aromatic heterocycles. The SMILES string of the molecule is CCOC1(C(O)Cc2cccc(C)c2)CCCC1. The summed E-state index contributed by atoms with van der Waals surface area (Å²) in [6.45, 7) is 4.79. The molecule has 0 spiro atoms. The number of hydrogen-bond donors (Lipinski definition) is 1. The predicted octanol–water partition coefficient (Wildman–Crippen LogP) is 3.25. The van der Waals surface area contributed by atoms with Crippen molar-refractivity contribution in [3.8, 4) is 0 Å². The summed E-state index contributed by atoms with van der Waals surface area (Å²) in [4.78, 5) is 0. The summed E-state index contributed by atoms with van der Waals surface area (Å²) < 4.78 is 5.90. The van der Waals surface area contributed by atoms with Gasteiger partial charge in [-0.3, -0.25) is 0 Å². The highest BCUT2D eigenvalue weighted by Crippen LogP contribution is 2.37. The minimum Gasteiger partial charge on any atom is -0.390 e. The maximum Gasteiger partial charge on any atom is 0.0943 e. The van der Waals surface area contributed by atoms with Crippen LogP contribution in [0.4, 0.5) is 0 Å². The Bertz CT molecular complexity index is 380. The van der Waals surface area contributed by atoms with E-state index in [0.29, 0.717) is 13.0 Å². The highest BCUT2D eigenvalue weighted by atomic mass is 16.5. The van der Waals surface area contributed by atoms with Gasteiger partial charge in [-0.2, -0.15) is 0 Å². The van der Waals surface area contributed by atoms with Crippen molar-refractivity contribution in [2.24, 2.45) is 0 Å². The van der Waals surface area contributed by atoms with E-state index in [4.69, 9.17) is 4.74 Å². The zero-order valence-corrected chi connectivity index (χ0v) is 11.5. The smallest absolute Gasteiger partial charge is 0.0943 e. The molecular weight excluding hydrogens is 224 g/mol. The lowest BCUT2D eigenvalue weighted by molar-refractivity contribution is -0.115. The van der Waals surface area contributed by atoms with Crippen LogP contribution in [-0.2, 0) is 11.2 Å². The van der Waals surface area contributed by atoms with Gasteiger partial charge in [-0.15, -0.1) is 0 Å². The molecule has 0 heterocycles. The summed E-state index contributed by atoms with van der Waals surface area (Å²) in [5, 5.41) is 10.5. The summed E-state index contributed by atoms with van der Waals surface area (Å²) in [5.41, 5.74) is 2.16. The summed E-state index contributed by atoms with van der Waals surface area (Å²) in [6.07, 6.45) is 4.64. The average Bonchev–Trinajstić information content (AvgIpc) is 2.79. The third-order valence-corrected chi connectivity index (χ3v) is 4.00. The van der Waals surface area contributed by atoms with Crippen molar-refractivity contribution < 1.29 is 9.84 Å². The van der Waals surface area contributed by atoms with Crippen LogP contribution in [0, 0.1) is 6.92 Å². The largest absolute Gasteiger partial charge is 0.390 e. The Balaban J connectivity index is 2.07. The highest BCUT2D eigenvalue weighted by molar-refractivity contribution is 5.23. The topological polar surface area (TPSA) is 29.5 Å². The van der Waals surface area contributed by atoms with Gasteiger partial charge in [0.05, 0.1) is 11.7 Å². The molecule has 18 heavy (non-hydrogen) atoms. The minimum atomic E-state index is -0.387. The van der Waals surface area contributed by atoms with Gasteiger partial charge in [-0.05, 0) is 32.3 Å². The molecule has 1 saturated carbocycles. The Labute approximate surface area is 110 Å². The maximum absolute atomic E-state index is 10.5. The number of aliphatic hydroxyl groups is 1. The number of hydrogen-bond acceptors (Lipinski definition) is 2. The predicted molar refractivity (Wildman–Crippen MR) is 73.7 cm³/mol. The first-order valence-electron chi connectivity index (χ1n) is 7.04. The average molecular weight is 248 g/mol. The van der Waals surface area contributed by atoms with Crippen molar-refractivity contribution in [2.45, 2.75) is 57.7 Å². The summed E-state index contributed by atoms with van der Waals surface area (Å²) in [7, 11) is 0. The zero-order chi connectivity index (χ0) is 13.0. The minimum absolute atomic E-state index is 0.293. The molecule has 100 valence electrons. The second kappa shape index (κ2) is 5.85. The van der Waals surface area contributed by atoms with E-state index >= 15 is 0 Å². The first kappa shape index (κ1) is 13.6. The van der Waals surface area contributed by atoms with Gasteiger partial charge in [0.15, 0.2) is 0 Å². The van der Waals surface area contributed by atoms with E-state index < -0.39 is 0 Å². The van der Waals surface area contributed by atoms with Crippen LogP contribution in [0.2, 0.25) is 0 Å². The van der Waals surface area contributed by atoms with E-state index in [1.165, 1.54) is 24.0 Å². The fraction of sp³-hybridized carbons (Fsp3) is 0.625. The van der Waals surface area contributed by atoms with Crippen LogP contribution in [0.15, 0.2) is 24.3 Å². The van der Waals surface area contributed by atoms with Crippen molar-refractivity contribution in [1.29, 1.82) is 0 Å². The molecule has 1 atom stereocenters. The van der Waals surface area contributed by atoms with Crippen LogP contribution in [-0.4, -0.2) is 23.4 Å². The van der Waals surface area contributed by atoms with Crippen molar-refractivity contribution in [3.05, 3.63) is 35.4 Å². The molecule has 1 aromatic carbocycles. The number of aryl methyl sites for hydroxylation is 1. The number of rotatable bonds is 5. The molecule has 2 rings (SSSR count). The molecule has 1 fully saturated rings. The lowest BCUT2D eigenvalue weighted by atomic mass is 9.89. The second-order valence-electron chi connectivity index (χ2n) is 5.41. The summed E-state index contributed by atoms with van der Waals surface area (Å²) >= 11 is 0.